The van der Waals surface area contributed by atoms with Gasteiger partial charge in [0.25, 0.3) is 0 Å². The van der Waals surface area contributed by atoms with Crippen molar-refractivity contribution in [2.75, 3.05) is 26.4 Å². The van der Waals surface area contributed by atoms with E-state index in [1.807, 2.05) is 0 Å². The molecule has 21 heavy (non-hydrogen) atoms. The van der Waals surface area contributed by atoms with Crippen LogP contribution in [0.15, 0.2) is 12.4 Å². The number of unbranched alkanes of at least 4 members (excludes halogenated alkanes) is 1. The summed E-state index contributed by atoms with van der Waals surface area (Å²) in [7, 11) is 0. The van der Waals surface area contributed by atoms with Crippen molar-refractivity contribution in [2.45, 2.75) is 32.4 Å². The molecule has 1 aromatic rings. The highest BCUT2D eigenvalue weighted by molar-refractivity contribution is 5.96. The molecule has 0 fully saturated rings. The van der Waals surface area contributed by atoms with Crippen LogP contribution >= 0.6 is 0 Å². The molecule has 7 heteroatoms. The maximum atomic E-state index is 11.0. The lowest BCUT2D eigenvalue weighted by Crippen LogP contribution is -2.31. The summed E-state index contributed by atoms with van der Waals surface area (Å²) in [5, 5.41) is 7.55. The molecule has 1 atom stereocenters. The molecule has 0 aromatic carbocycles. The zero-order valence-electron chi connectivity index (χ0n) is 12.3. The number of nitrogens with zero attached hydrogens (tertiary/aromatic N) is 3. The highest BCUT2D eigenvalue weighted by Gasteiger charge is 2.04. The molecule has 0 amide bonds. The van der Waals surface area contributed by atoms with Crippen LogP contribution in [0, 0.1) is 11.8 Å². The molecule has 7 nitrogen and oxygen atoms in total. The highest BCUT2D eigenvalue weighted by atomic mass is 16.5. The Bertz CT molecular complexity index is 451. The molecule has 1 heterocycles. The van der Waals surface area contributed by atoms with Gasteiger partial charge in [-0.1, -0.05) is 11.1 Å². The van der Waals surface area contributed by atoms with Crippen LogP contribution in [0.5, 0.6) is 0 Å². The lowest BCUT2D eigenvalue weighted by atomic mass is 10.3. The molecule has 1 unspecified atom stereocenters. The normalized spacial score (nSPS) is 11.7. The smallest absolute Gasteiger partial charge is 0.231 e. The van der Waals surface area contributed by atoms with Crippen LogP contribution in [0.2, 0.25) is 0 Å². The maximum Gasteiger partial charge on any atom is 0.231 e. The van der Waals surface area contributed by atoms with E-state index in [0.717, 1.165) is 12.8 Å². The average molecular weight is 294 g/mol. The molecule has 1 rings (SSSR count). The third-order valence-corrected chi connectivity index (χ3v) is 2.55. The highest BCUT2D eigenvalue weighted by Crippen LogP contribution is 1.94. The van der Waals surface area contributed by atoms with Crippen molar-refractivity contribution < 1.29 is 14.3 Å². The molecule has 0 saturated carbocycles. The fourth-order valence-electron chi connectivity index (χ4n) is 1.61. The molecular formula is C14H22N4O3. The Morgan fingerprint density at radius 3 is 2.81 bits per heavy atom. The van der Waals surface area contributed by atoms with Gasteiger partial charge in [0.1, 0.15) is 6.61 Å². The van der Waals surface area contributed by atoms with Crippen LogP contribution in [0.3, 0.4) is 0 Å². The van der Waals surface area contributed by atoms with Gasteiger partial charge >= 0.3 is 0 Å². The number of ether oxygens (including phenoxy) is 2. The minimum Gasteiger partial charge on any atom is -0.380 e. The molecule has 1 aromatic heterocycles. The van der Waals surface area contributed by atoms with Gasteiger partial charge < -0.3 is 15.2 Å². The van der Waals surface area contributed by atoms with E-state index < -0.39 is 0 Å². The van der Waals surface area contributed by atoms with Crippen molar-refractivity contribution in [2.24, 2.45) is 5.73 Å². The van der Waals surface area contributed by atoms with E-state index in [1.54, 1.807) is 24.0 Å². The minimum atomic E-state index is -0.187. The number of aromatic nitrogens is 3. The summed E-state index contributed by atoms with van der Waals surface area (Å²) in [6, 6.07) is -0.104. The van der Waals surface area contributed by atoms with E-state index in [1.165, 1.54) is 0 Å². The Kier molecular flexibility index (Phi) is 9.04. The Hall–Kier alpha value is -1.75. The van der Waals surface area contributed by atoms with E-state index in [2.05, 4.69) is 22.2 Å². The van der Waals surface area contributed by atoms with Gasteiger partial charge in [0.05, 0.1) is 19.3 Å². The molecule has 0 saturated heterocycles. The average Bonchev–Trinajstić information content (AvgIpc) is 2.95. The third kappa shape index (κ3) is 8.92. The van der Waals surface area contributed by atoms with Gasteiger partial charge in [-0.25, -0.2) is 0 Å². The lowest BCUT2D eigenvalue weighted by molar-refractivity contribution is -0.118. The zero-order valence-corrected chi connectivity index (χ0v) is 12.3. The number of carbonyl (C=O) groups excluding carboxylic acids is 1. The van der Waals surface area contributed by atoms with Gasteiger partial charge in [-0.2, -0.15) is 0 Å². The second-order valence-corrected chi connectivity index (χ2v) is 4.52. The SMILES string of the molecule is CC#CC(=O)COCCCCOCC(N)Cn1ccnn1. The summed E-state index contributed by atoms with van der Waals surface area (Å²) >= 11 is 0. The fraction of sp³-hybridized carbons (Fsp3) is 0.643. The summed E-state index contributed by atoms with van der Waals surface area (Å²) in [5.74, 6) is 4.78. The molecule has 2 N–H and O–H groups in total. The van der Waals surface area contributed by atoms with Crippen molar-refractivity contribution >= 4 is 5.78 Å². The topological polar surface area (TPSA) is 92.3 Å². The zero-order chi connectivity index (χ0) is 15.3. The second kappa shape index (κ2) is 11.0. The van der Waals surface area contributed by atoms with Gasteiger partial charge in [0.2, 0.25) is 5.78 Å². The van der Waals surface area contributed by atoms with E-state index in [4.69, 9.17) is 15.2 Å². The van der Waals surface area contributed by atoms with E-state index >= 15 is 0 Å². The molecule has 0 aliphatic rings. The summed E-state index contributed by atoms with van der Waals surface area (Å²) in [5.41, 5.74) is 5.90. The molecular weight excluding hydrogens is 272 g/mol. The Morgan fingerprint density at radius 1 is 1.38 bits per heavy atom. The van der Waals surface area contributed by atoms with Crippen LogP contribution in [-0.2, 0) is 20.8 Å². The maximum absolute atomic E-state index is 11.0. The Morgan fingerprint density at radius 2 is 2.14 bits per heavy atom. The van der Waals surface area contributed by atoms with E-state index in [0.29, 0.717) is 26.4 Å². The standard InChI is InChI=1S/C14H22N4O3/c1-2-5-14(19)12-21-9-4-3-8-20-11-13(15)10-18-7-6-16-17-18/h6-7,13H,3-4,8-12,15H2,1H3. The largest absolute Gasteiger partial charge is 0.380 e. The predicted molar refractivity (Wildman–Crippen MR) is 77.3 cm³/mol. The predicted octanol–water partition coefficient (Wildman–Crippen LogP) is 0.0112. The molecule has 116 valence electrons. The third-order valence-electron chi connectivity index (χ3n) is 2.55. The van der Waals surface area contributed by atoms with Crippen molar-refractivity contribution in [3.63, 3.8) is 0 Å². The lowest BCUT2D eigenvalue weighted by Gasteiger charge is -2.11. The Balaban J connectivity index is 1.90. The van der Waals surface area contributed by atoms with Crippen molar-refractivity contribution in [1.29, 1.82) is 0 Å². The van der Waals surface area contributed by atoms with Gasteiger partial charge in [-0.3, -0.25) is 9.48 Å². The summed E-state index contributed by atoms with van der Waals surface area (Å²) in [6.45, 7) is 3.91. The first-order chi connectivity index (χ1) is 10.2. The van der Waals surface area contributed by atoms with E-state index in [-0.39, 0.29) is 18.4 Å². The fourth-order valence-corrected chi connectivity index (χ4v) is 1.61. The summed E-state index contributed by atoms with van der Waals surface area (Å²) < 4.78 is 12.4. The monoisotopic (exact) mass is 294 g/mol. The number of carbonyl (C=O) groups is 1. The Labute approximate surface area is 124 Å². The van der Waals surface area contributed by atoms with Crippen LogP contribution in [0.25, 0.3) is 0 Å². The molecule has 0 bridgehead atoms. The van der Waals surface area contributed by atoms with Gasteiger partial charge in [0, 0.05) is 25.5 Å². The number of ketones is 1. The van der Waals surface area contributed by atoms with Crippen LogP contribution in [0.4, 0.5) is 0 Å². The van der Waals surface area contributed by atoms with Crippen LogP contribution < -0.4 is 5.73 Å². The first kappa shape index (κ1) is 17.3. The van der Waals surface area contributed by atoms with Crippen LogP contribution in [-0.4, -0.2) is 53.2 Å². The number of nitrogens with two attached hydrogens (primary N) is 1. The summed E-state index contributed by atoms with van der Waals surface area (Å²) in [6.07, 6.45) is 5.08. The first-order valence-electron chi connectivity index (χ1n) is 6.93. The number of hydrogen-bond acceptors (Lipinski definition) is 6. The molecule has 0 aliphatic heterocycles. The van der Waals surface area contributed by atoms with Crippen molar-refractivity contribution in [3.8, 4) is 11.8 Å². The minimum absolute atomic E-state index is 0.0600. The van der Waals surface area contributed by atoms with Crippen LogP contribution in [0.1, 0.15) is 19.8 Å². The summed E-state index contributed by atoms with van der Waals surface area (Å²) in [4.78, 5) is 11.0. The molecule has 0 radical (unpaired) electrons. The van der Waals surface area contributed by atoms with Gasteiger partial charge in [0.15, 0.2) is 0 Å². The van der Waals surface area contributed by atoms with Gasteiger partial charge in [-0.15, -0.1) is 5.10 Å². The molecule has 0 aliphatic carbocycles. The first-order valence-corrected chi connectivity index (χ1v) is 6.93. The second-order valence-electron chi connectivity index (χ2n) is 4.52. The van der Waals surface area contributed by atoms with E-state index in [9.17, 15) is 4.79 Å². The quantitative estimate of drug-likeness (QED) is 0.351. The van der Waals surface area contributed by atoms with Crippen molar-refractivity contribution in [3.05, 3.63) is 12.4 Å². The van der Waals surface area contributed by atoms with Gasteiger partial charge in [-0.05, 0) is 25.7 Å². The number of Topliss-reactive ketones (excluding diaryl/α,β-unsaturated/α-hetero) is 1. The number of hydrogen-bond donors (Lipinski definition) is 1. The number of rotatable bonds is 11. The van der Waals surface area contributed by atoms with Crippen molar-refractivity contribution in [1.82, 2.24) is 15.0 Å². The molecule has 0 spiro atoms.